The van der Waals surface area contributed by atoms with Gasteiger partial charge in [-0.3, -0.25) is 4.79 Å². The zero-order valence-electron chi connectivity index (χ0n) is 20.7. The van der Waals surface area contributed by atoms with E-state index in [1.54, 1.807) is 16.4 Å². The molecule has 2 saturated heterocycles. The van der Waals surface area contributed by atoms with Crippen molar-refractivity contribution in [2.75, 3.05) is 31.5 Å². The van der Waals surface area contributed by atoms with Gasteiger partial charge in [-0.05, 0) is 62.4 Å². The molecule has 2 aliphatic rings. The van der Waals surface area contributed by atoms with Crippen molar-refractivity contribution in [2.45, 2.75) is 56.1 Å². The van der Waals surface area contributed by atoms with E-state index in [9.17, 15) is 21.6 Å². The third-order valence-electron chi connectivity index (χ3n) is 7.01. The molecule has 2 heterocycles. The van der Waals surface area contributed by atoms with E-state index < -0.39 is 20.0 Å². The Morgan fingerprint density at radius 3 is 1.97 bits per heavy atom. The van der Waals surface area contributed by atoms with E-state index in [1.165, 1.54) is 16.4 Å². The molecule has 0 bridgehead atoms. The summed E-state index contributed by atoms with van der Waals surface area (Å²) < 4.78 is 54.6. The van der Waals surface area contributed by atoms with Crippen molar-refractivity contribution in [3.05, 3.63) is 59.7 Å². The largest absolute Gasteiger partial charge is 0.326 e. The number of hydrogen-bond donors (Lipinski definition) is 1. The Kier molecular flexibility index (Phi) is 8.49. The van der Waals surface area contributed by atoms with Gasteiger partial charge in [-0.2, -0.15) is 4.31 Å². The summed E-state index contributed by atoms with van der Waals surface area (Å²) in [5, 5.41) is 2.86. The summed E-state index contributed by atoms with van der Waals surface area (Å²) in [5.74, 6) is -0.512. The molecule has 8 nitrogen and oxygen atoms in total. The summed E-state index contributed by atoms with van der Waals surface area (Å²) >= 11 is 0. The Labute approximate surface area is 214 Å². The number of carbonyl (C=O) groups excluding carboxylic acids is 1. The van der Waals surface area contributed by atoms with E-state index in [0.717, 1.165) is 36.8 Å². The second-order valence-corrected chi connectivity index (χ2v) is 13.7. The topological polar surface area (TPSA) is 104 Å². The van der Waals surface area contributed by atoms with Gasteiger partial charge in [0.05, 0.1) is 10.6 Å². The predicted octanol–water partition coefficient (Wildman–Crippen LogP) is 3.74. The van der Waals surface area contributed by atoms with Gasteiger partial charge < -0.3 is 5.32 Å². The molecule has 10 heteroatoms. The second-order valence-electron chi connectivity index (χ2n) is 9.75. The molecule has 196 valence electrons. The third kappa shape index (κ3) is 6.53. The molecule has 4 rings (SSSR count). The number of nitrogens with zero attached hydrogens (tertiary/aromatic N) is 2. The standard InChI is InChI=1S/C26H35N3O5S2/c1-21-6-8-22(9-7-21)20-35(31,32)28-18-14-23(15-19-28)26(30)27-24-10-12-25(13-11-24)36(33,34)29-16-4-2-3-5-17-29/h6-13,23H,2-5,14-20H2,1H3,(H,27,30). The van der Waals surface area contributed by atoms with E-state index >= 15 is 0 Å². The molecule has 2 aromatic carbocycles. The summed E-state index contributed by atoms with van der Waals surface area (Å²) in [6.45, 7) is 3.65. The van der Waals surface area contributed by atoms with Crippen LogP contribution in [0.15, 0.2) is 53.4 Å². The summed E-state index contributed by atoms with van der Waals surface area (Å²) in [4.78, 5) is 13.0. The Morgan fingerprint density at radius 2 is 1.39 bits per heavy atom. The average Bonchev–Trinajstić information content (AvgIpc) is 3.16. The molecule has 36 heavy (non-hydrogen) atoms. The fourth-order valence-electron chi connectivity index (χ4n) is 4.77. The minimum absolute atomic E-state index is 0.0448. The van der Waals surface area contributed by atoms with Crippen molar-refractivity contribution in [1.29, 1.82) is 0 Å². The molecule has 0 spiro atoms. The van der Waals surface area contributed by atoms with Crippen molar-refractivity contribution in [2.24, 2.45) is 5.92 Å². The van der Waals surface area contributed by atoms with Gasteiger partial charge in [0.2, 0.25) is 26.0 Å². The number of hydrogen-bond acceptors (Lipinski definition) is 5. The Hall–Kier alpha value is -2.27. The number of carbonyl (C=O) groups is 1. The van der Waals surface area contributed by atoms with Crippen LogP contribution < -0.4 is 5.32 Å². The quantitative estimate of drug-likeness (QED) is 0.584. The number of amides is 1. The van der Waals surface area contributed by atoms with Crippen LogP contribution in [0.25, 0.3) is 0 Å². The highest BCUT2D eigenvalue weighted by Gasteiger charge is 2.31. The van der Waals surface area contributed by atoms with Crippen molar-refractivity contribution in [3.63, 3.8) is 0 Å². The summed E-state index contributed by atoms with van der Waals surface area (Å²) in [7, 11) is -6.98. The highest BCUT2D eigenvalue weighted by atomic mass is 32.2. The van der Waals surface area contributed by atoms with Gasteiger partial charge in [-0.25, -0.2) is 21.1 Å². The SMILES string of the molecule is Cc1ccc(CS(=O)(=O)N2CCC(C(=O)Nc3ccc(S(=O)(=O)N4CCCCCC4)cc3)CC2)cc1. The number of piperidine rings is 1. The lowest BCUT2D eigenvalue weighted by Crippen LogP contribution is -2.41. The molecule has 0 unspecified atom stereocenters. The van der Waals surface area contributed by atoms with Gasteiger partial charge in [0.1, 0.15) is 0 Å². The first kappa shape index (κ1) is 26.8. The first-order chi connectivity index (χ1) is 17.1. The van der Waals surface area contributed by atoms with Crippen LogP contribution in [0.1, 0.15) is 49.7 Å². The van der Waals surface area contributed by atoms with E-state index in [4.69, 9.17) is 0 Å². The van der Waals surface area contributed by atoms with Crippen LogP contribution in [0.2, 0.25) is 0 Å². The van der Waals surface area contributed by atoms with Crippen LogP contribution in [0.5, 0.6) is 0 Å². The highest BCUT2D eigenvalue weighted by molar-refractivity contribution is 7.89. The van der Waals surface area contributed by atoms with Crippen LogP contribution in [0.3, 0.4) is 0 Å². The van der Waals surface area contributed by atoms with Crippen molar-refractivity contribution in [1.82, 2.24) is 8.61 Å². The monoisotopic (exact) mass is 533 g/mol. The van der Waals surface area contributed by atoms with Gasteiger partial charge in [-0.1, -0.05) is 42.7 Å². The molecule has 2 aliphatic heterocycles. The lowest BCUT2D eigenvalue weighted by atomic mass is 9.97. The molecule has 0 atom stereocenters. The number of nitrogens with one attached hydrogen (secondary N) is 1. The molecule has 1 N–H and O–H groups in total. The van der Waals surface area contributed by atoms with E-state index in [2.05, 4.69) is 5.32 Å². The van der Waals surface area contributed by atoms with E-state index in [-0.39, 0.29) is 22.5 Å². The van der Waals surface area contributed by atoms with Crippen molar-refractivity contribution >= 4 is 31.6 Å². The normalized spacial score (nSPS) is 19.0. The van der Waals surface area contributed by atoms with Crippen LogP contribution >= 0.6 is 0 Å². The molecule has 2 fully saturated rings. The van der Waals surface area contributed by atoms with E-state index in [1.807, 2.05) is 31.2 Å². The molecular weight excluding hydrogens is 498 g/mol. The minimum Gasteiger partial charge on any atom is -0.326 e. The van der Waals surface area contributed by atoms with Gasteiger partial charge in [0.15, 0.2) is 0 Å². The van der Waals surface area contributed by atoms with E-state index in [0.29, 0.717) is 44.7 Å². The molecular formula is C26H35N3O5S2. The Bertz CT molecular complexity index is 1240. The summed E-state index contributed by atoms with van der Waals surface area (Å²) in [6, 6.07) is 13.8. The molecule has 0 aliphatic carbocycles. The van der Waals surface area contributed by atoms with Gasteiger partial charge in [-0.15, -0.1) is 0 Å². The Morgan fingerprint density at radius 1 is 0.806 bits per heavy atom. The predicted molar refractivity (Wildman–Crippen MR) is 140 cm³/mol. The summed E-state index contributed by atoms with van der Waals surface area (Å²) in [5.41, 5.74) is 2.36. The van der Waals surface area contributed by atoms with Crippen LogP contribution in [-0.2, 0) is 30.6 Å². The average molecular weight is 534 g/mol. The number of benzene rings is 2. The molecule has 0 radical (unpaired) electrons. The van der Waals surface area contributed by atoms with Crippen LogP contribution in [-0.4, -0.2) is 57.5 Å². The fourth-order valence-corrected chi connectivity index (χ4v) is 7.85. The molecule has 2 aromatic rings. The third-order valence-corrected chi connectivity index (χ3v) is 10.8. The maximum absolute atomic E-state index is 12.9. The number of anilines is 1. The Balaban J connectivity index is 1.30. The maximum Gasteiger partial charge on any atom is 0.243 e. The zero-order valence-corrected chi connectivity index (χ0v) is 22.4. The van der Waals surface area contributed by atoms with Gasteiger partial charge in [0, 0.05) is 37.8 Å². The van der Waals surface area contributed by atoms with Crippen LogP contribution in [0, 0.1) is 12.8 Å². The lowest BCUT2D eigenvalue weighted by Gasteiger charge is -2.30. The second kappa shape index (κ2) is 11.4. The minimum atomic E-state index is -3.54. The number of sulfonamides is 2. The molecule has 0 saturated carbocycles. The van der Waals surface area contributed by atoms with Gasteiger partial charge >= 0.3 is 0 Å². The maximum atomic E-state index is 12.9. The highest BCUT2D eigenvalue weighted by Crippen LogP contribution is 2.25. The first-order valence-electron chi connectivity index (χ1n) is 12.6. The number of aryl methyl sites for hydroxylation is 1. The lowest BCUT2D eigenvalue weighted by molar-refractivity contribution is -0.120. The van der Waals surface area contributed by atoms with Crippen molar-refractivity contribution < 1.29 is 21.6 Å². The number of rotatable bonds is 7. The smallest absolute Gasteiger partial charge is 0.243 e. The summed E-state index contributed by atoms with van der Waals surface area (Å²) in [6.07, 6.45) is 4.74. The zero-order chi connectivity index (χ0) is 25.8. The van der Waals surface area contributed by atoms with Gasteiger partial charge in [0.25, 0.3) is 0 Å². The first-order valence-corrected chi connectivity index (χ1v) is 15.6. The fraction of sp³-hybridized carbons (Fsp3) is 0.500. The van der Waals surface area contributed by atoms with Crippen molar-refractivity contribution in [3.8, 4) is 0 Å². The molecule has 1 amide bonds. The van der Waals surface area contributed by atoms with Crippen LogP contribution in [0.4, 0.5) is 5.69 Å². The molecule has 0 aromatic heterocycles.